The van der Waals surface area contributed by atoms with Gasteiger partial charge >= 0.3 is 0 Å². The molecule has 4 rings (SSSR count). The molecular formula is C22H20N4O9S3. The highest BCUT2D eigenvalue weighted by molar-refractivity contribution is 7.98. The maximum absolute atomic E-state index is 11.9. The van der Waals surface area contributed by atoms with Crippen molar-refractivity contribution in [1.29, 1.82) is 0 Å². The van der Waals surface area contributed by atoms with Crippen LogP contribution in [0.5, 0.6) is 5.88 Å². The second kappa shape index (κ2) is 9.55. The summed E-state index contributed by atoms with van der Waals surface area (Å²) in [5.41, 5.74) is 0.436. The second-order valence-corrected chi connectivity index (χ2v) is 12.9. The first-order valence-electron chi connectivity index (χ1n) is 10.6. The number of azo groups is 1. The summed E-state index contributed by atoms with van der Waals surface area (Å²) in [6, 6.07) is 5.03. The Morgan fingerprint density at radius 1 is 1.05 bits per heavy atom. The van der Waals surface area contributed by atoms with Crippen LogP contribution < -0.4 is 0 Å². The summed E-state index contributed by atoms with van der Waals surface area (Å²) in [7, 11) is -13.2. The van der Waals surface area contributed by atoms with Gasteiger partial charge in [0.15, 0.2) is 15.5 Å². The van der Waals surface area contributed by atoms with Crippen molar-refractivity contribution in [1.82, 2.24) is 9.78 Å². The summed E-state index contributed by atoms with van der Waals surface area (Å²) in [5.74, 6) is -0.340. The molecule has 0 amide bonds. The van der Waals surface area contributed by atoms with Gasteiger partial charge in [0.1, 0.15) is 4.90 Å². The fourth-order valence-electron chi connectivity index (χ4n) is 3.78. The van der Waals surface area contributed by atoms with E-state index < -0.39 is 45.9 Å². The minimum atomic E-state index is -4.83. The van der Waals surface area contributed by atoms with Gasteiger partial charge in [0.2, 0.25) is 5.88 Å². The molecular weight excluding hydrogens is 560 g/mol. The van der Waals surface area contributed by atoms with Crippen LogP contribution in [0.15, 0.2) is 85.5 Å². The molecule has 0 bridgehead atoms. The third-order valence-electron chi connectivity index (χ3n) is 5.65. The Balaban J connectivity index is 1.69. The molecule has 1 aromatic heterocycles. The molecule has 1 heterocycles. The molecule has 1 aliphatic carbocycles. The smallest absolute Gasteiger partial charge is 0.295 e. The van der Waals surface area contributed by atoms with Gasteiger partial charge in [0.25, 0.3) is 20.2 Å². The zero-order valence-corrected chi connectivity index (χ0v) is 21.9. The summed E-state index contributed by atoms with van der Waals surface area (Å²) in [6.45, 7) is 4.85. The summed E-state index contributed by atoms with van der Waals surface area (Å²) in [5, 5.41) is 23.8. The maximum atomic E-state index is 11.9. The van der Waals surface area contributed by atoms with E-state index in [0.29, 0.717) is 11.8 Å². The van der Waals surface area contributed by atoms with Gasteiger partial charge in [-0.3, -0.25) is 9.11 Å². The summed E-state index contributed by atoms with van der Waals surface area (Å²) >= 11 is 0. The molecule has 0 fully saturated rings. The first-order chi connectivity index (χ1) is 17.6. The summed E-state index contributed by atoms with van der Waals surface area (Å²) in [4.78, 5) is -1.39. The van der Waals surface area contributed by atoms with Gasteiger partial charge in [0.05, 0.1) is 27.2 Å². The fraction of sp³-hybridized carbons (Fsp3) is 0.136. The molecule has 1 aliphatic rings. The SMILES string of the molecule is C=CS(=O)(=O)C1=CCC(n2nc(C)c(/N=N/c3ccc4c(S(=O)(=O)O)cc(S(=O)(=O)O)cc4c3)c2O)C=C1. The molecule has 1 atom stereocenters. The van der Waals surface area contributed by atoms with Gasteiger partial charge in [-0.25, -0.2) is 13.1 Å². The Kier molecular flexibility index (Phi) is 6.87. The average Bonchev–Trinajstić information content (AvgIpc) is 3.13. The predicted octanol–water partition coefficient (Wildman–Crippen LogP) is 3.90. The van der Waals surface area contributed by atoms with E-state index >= 15 is 0 Å². The van der Waals surface area contributed by atoms with Crippen molar-refractivity contribution in [2.45, 2.75) is 29.2 Å². The number of rotatable bonds is 7. The molecule has 38 heavy (non-hydrogen) atoms. The van der Waals surface area contributed by atoms with Gasteiger partial charge in [-0.15, -0.1) is 5.11 Å². The molecule has 0 saturated heterocycles. The highest BCUT2D eigenvalue weighted by Gasteiger charge is 2.24. The number of sulfone groups is 1. The zero-order chi connectivity index (χ0) is 28.0. The lowest BCUT2D eigenvalue weighted by atomic mass is 10.1. The van der Waals surface area contributed by atoms with E-state index in [-0.39, 0.29) is 39.4 Å². The molecule has 0 aliphatic heterocycles. The fourth-order valence-corrected chi connectivity index (χ4v) is 5.93. The Morgan fingerprint density at radius 2 is 1.76 bits per heavy atom. The standard InChI is InChI=1S/C22H20N4O9S3/c1-3-36(28,29)17-7-5-16(6-8-17)26-22(27)21(13(2)25-26)24-23-15-4-9-19-14(10-15)11-18(37(30,31)32)12-20(19)38(33,34)35/h3-5,7-12,16,27H,1,6H2,2H3,(H,30,31,32)(H,33,34,35)/b24-23+. The lowest BCUT2D eigenvalue weighted by molar-refractivity contribution is 0.381. The second-order valence-electron chi connectivity index (χ2n) is 8.16. The minimum absolute atomic E-state index is 0.0114. The Morgan fingerprint density at radius 3 is 2.34 bits per heavy atom. The first-order valence-corrected chi connectivity index (χ1v) is 15.0. The van der Waals surface area contributed by atoms with Crippen LogP contribution in [0.4, 0.5) is 11.4 Å². The van der Waals surface area contributed by atoms with E-state index in [9.17, 15) is 39.5 Å². The van der Waals surface area contributed by atoms with Crippen molar-refractivity contribution in [3.8, 4) is 5.88 Å². The monoisotopic (exact) mass is 580 g/mol. The van der Waals surface area contributed by atoms with E-state index in [0.717, 1.165) is 11.5 Å². The number of aryl methyl sites for hydroxylation is 1. The lowest BCUT2D eigenvalue weighted by Crippen LogP contribution is -2.11. The maximum Gasteiger partial charge on any atom is 0.295 e. The zero-order valence-electron chi connectivity index (χ0n) is 19.5. The minimum Gasteiger partial charge on any atom is -0.492 e. The van der Waals surface area contributed by atoms with Crippen LogP contribution in [0, 0.1) is 6.92 Å². The third-order valence-corrected chi connectivity index (χ3v) is 8.77. The topological polar surface area (TPSA) is 206 Å². The van der Waals surface area contributed by atoms with Gasteiger partial charge in [-0.2, -0.15) is 27.0 Å². The Hall–Kier alpha value is -3.70. The molecule has 1 unspecified atom stereocenters. The van der Waals surface area contributed by atoms with Crippen LogP contribution in [-0.2, 0) is 30.1 Å². The molecule has 0 spiro atoms. The highest BCUT2D eigenvalue weighted by atomic mass is 32.2. The number of allylic oxidation sites excluding steroid dienone is 3. The van der Waals surface area contributed by atoms with Crippen molar-refractivity contribution in [2.24, 2.45) is 10.2 Å². The van der Waals surface area contributed by atoms with Crippen LogP contribution in [-0.4, -0.2) is 49.2 Å². The van der Waals surface area contributed by atoms with Gasteiger partial charge in [0, 0.05) is 10.8 Å². The molecule has 3 N–H and O–H groups in total. The van der Waals surface area contributed by atoms with E-state index in [4.69, 9.17) is 0 Å². The molecule has 0 saturated carbocycles. The third kappa shape index (κ3) is 5.30. The van der Waals surface area contributed by atoms with Crippen LogP contribution in [0.25, 0.3) is 10.8 Å². The van der Waals surface area contributed by atoms with E-state index in [2.05, 4.69) is 21.9 Å². The lowest BCUT2D eigenvalue weighted by Gasteiger charge is -2.16. The predicted molar refractivity (Wildman–Crippen MR) is 136 cm³/mol. The highest BCUT2D eigenvalue weighted by Crippen LogP contribution is 2.37. The normalized spacial score (nSPS) is 16.7. The molecule has 0 radical (unpaired) electrons. The van der Waals surface area contributed by atoms with E-state index in [1.165, 1.54) is 35.0 Å². The van der Waals surface area contributed by atoms with Crippen LogP contribution in [0.3, 0.4) is 0 Å². The van der Waals surface area contributed by atoms with Crippen LogP contribution >= 0.6 is 0 Å². The van der Waals surface area contributed by atoms with Crippen LogP contribution in [0.1, 0.15) is 18.2 Å². The number of aromatic nitrogens is 2. The molecule has 200 valence electrons. The molecule has 2 aromatic carbocycles. The Bertz CT molecular complexity index is 1900. The van der Waals surface area contributed by atoms with Crippen molar-refractivity contribution in [2.75, 3.05) is 0 Å². The van der Waals surface area contributed by atoms with Crippen molar-refractivity contribution < 1.29 is 39.5 Å². The Labute approximate surface area is 217 Å². The van der Waals surface area contributed by atoms with Crippen molar-refractivity contribution in [3.63, 3.8) is 0 Å². The van der Waals surface area contributed by atoms with Crippen molar-refractivity contribution in [3.05, 3.63) is 71.1 Å². The molecule has 16 heteroatoms. The molecule has 13 nitrogen and oxygen atoms in total. The number of benzene rings is 2. The summed E-state index contributed by atoms with van der Waals surface area (Å²) < 4.78 is 90.8. The van der Waals surface area contributed by atoms with Crippen molar-refractivity contribution >= 4 is 52.2 Å². The van der Waals surface area contributed by atoms with Crippen LogP contribution in [0.2, 0.25) is 0 Å². The summed E-state index contributed by atoms with van der Waals surface area (Å²) in [6.07, 6.45) is 4.66. The quantitative estimate of drug-likeness (QED) is 0.271. The van der Waals surface area contributed by atoms with E-state index in [1.807, 2.05) is 0 Å². The molecule has 3 aromatic rings. The van der Waals surface area contributed by atoms with Gasteiger partial charge in [-0.05, 0) is 49.1 Å². The number of fused-ring (bicyclic) bond motifs is 1. The average molecular weight is 581 g/mol. The number of hydrogen-bond donors (Lipinski definition) is 3. The van der Waals surface area contributed by atoms with Gasteiger partial charge < -0.3 is 5.11 Å². The number of hydrogen-bond acceptors (Lipinski definition) is 10. The number of aromatic hydroxyl groups is 1. The van der Waals surface area contributed by atoms with E-state index in [1.54, 1.807) is 13.0 Å². The largest absolute Gasteiger partial charge is 0.492 e. The van der Waals surface area contributed by atoms with Gasteiger partial charge in [-0.1, -0.05) is 24.8 Å². The first kappa shape index (κ1) is 27.3. The number of nitrogens with zero attached hydrogens (tertiary/aromatic N) is 4.